The summed E-state index contributed by atoms with van der Waals surface area (Å²) in [6, 6.07) is 15.7. The Balaban J connectivity index is 1.36. The van der Waals surface area contributed by atoms with Crippen molar-refractivity contribution in [2.75, 3.05) is 11.9 Å². The number of ether oxygens (including phenoxy) is 1. The van der Waals surface area contributed by atoms with Crippen molar-refractivity contribution in [2.24, 2.45) is 5.92 Å². The lowest BCUT2D eigenvalue weighted by molar-refractivity contribution is -0.897. The van der Waals surface area contributed by atoms with Crippen molar-refractivity contribution < 1.29 is 33.4 Å². The van der Waals surface area contributed by atoms with Crippen LogP contribution in [0.4, 0.5) is 14.5 Å². The number of fused-ring (bicyclic) bond motifs is 1. The Kier molecular flexibility index (Phi) is 7.15. The number of pyridine rings is 1. The van der Waals surface area contributed by atoms with Crippen LogP contribution in [-0.2, 0) is 6.42 Å². The molecule has 9 nitrogen and oxygen atoms in total. The number of carbonyl (C=O) groups is 1. The van der Waals surface area contributed by atoms with Crippen molar-refractivity contribution in [2.45, 2.75) is 13.3 Å². The molecule has 3 heterocycles. The predicted molar refractivity (Wildman–Crippen MR) is 137 cm³/mol. The van der Waals surface area contributed by atoms with Crippen molar-refractivity contribution in [3.63, 3.8) is 0 Å². The molecule has 2 aromatic carbocycles. The van der Waals surface area contributed by atoms with Crippen molar-refractivity contribution >= 4 is 17.1 Å². The average Bonchev–Trinajstić information content (AvgIpc) is 3.34. The molecule has 3 N–H and O–H groups in total. The third kappa shape index (κ3) is 5.39. The molecule has 0 saturated carbocycles. The Hall–Kier alpha value is -4.90. The average molecular weight is 533 g/mol. The quantitative estimate of drug-likeness (QED) is 0.202. The second-order valence-corrected chi connectivity index (χ2v) is 9.01. The van der Waals surface area contributed by atoms with Gasteiger partial charge in [0.25, 0.3) is 5.69 Å². The van der Waals surface area contributed by atoms with Crippen molar-refractivity contribution in [1.29, 1.82) is 0 Å². The molecule has 39 heavy (non-hydrogen) atoms. The number of aliphatic hydroxyl groups excluding tert-OH is 1. The number of hydrogen-bond donors (Lipinski definition) is 3. The van der Waals surface area contributed by atoms with Gasteiger partial charge in [-0.2, -0.15) is 10.1 Å². The van der Waals surface area contributed by atoms with Crippen LogP contribution < -0.4 is 14.8 Å². The zero-order valence-corrected chi connectivity index (χ0v) is 20.8. The largest absolute Gasteiger partial charge is 0.434 e. The summed E-state index contributed by atoms with van der Waals surface area (Å²) in [5, 5.41) is 26.8. The van der Waals surface area contributed by atoms with Gasteiger partial charge in [-0.15, -0.1) is 0 Å². The zero-order valence-electron chi connectivity index (χ0n) is 20.8. The highest BCUT2D eigenvalue weighted by molar-refractivity contribution is 6.02. The number of benzene rings is 2. The molecule has 0 aliphatic carbocycles. The van der Waals surface area contributed by atoms with E-state index in [0.29, 0.717) is 22.2 Å². The molecular weight excluding hydrogens is 508 g/mol. The fraction of sp³-hybridized carbons (Fsp3) is 0.143. The van der Waals surface area contributed by atoms with Crippen LogP contribution in [0.15, 0.2) is 79.3 Å². The summed E-state index contributed by atoms with van der Waals surface area (Å²) in [4.78, 5) is 17.0. The maximum atomic E-state index is 15.0. The van der Waals surface area contributed by atoms with Crippen LogP contribution in [0.3, 0.4) is 0 Å². The summed E-state index contributed by atoms with van der Waals surface area (Å²) < 4.78 is 36.3. The molecule has 0 radical (unpaired) electrons. The van der Waals surface area contributed by atoms with E-state index in [-0.39, 0.29) is 41.2 Å². The molecule has 0 fully saturated rings. The lowest BCUT2D eigenvalue weighted by Gasteiger charge is -2.11. The SMILES string of the molecule is C[C@@H](CO)Cc1ccn2ncnc(Oc3ccc(NC(=O)c4cccc(-c5ccc(F)cc5)[n+]4O)cc3F)c12. The number of rotatable bonds is 8. The third-order valence-corrected chi connectivity index (χ3v) is 6.12. The van der Waals surface area contributed by atoms with Gasteiger partial charge in [-0.1, -0.05) is 6.92 Å². The molecule has 0 spiro atoms. The van der Waals surface area contributed by atoms with E-state index in [9.17, 15) is 19.5 Å². The highest BCUT2D eigenvalue weighted by Crippen LogP contribution is 2.30. The van der Waals surface area contributed by atoms with Crippen LogP contribution in [0.2, 0.25) is 0 Å². The fourth-order valence-electron chi connectivity index (χ4n) is 4.14. The van der Waals surface area contributed by atoms with Crippen LogP contribution in [0, 0.1) is 17.6 Å². The van der Waals surface area contributed by atoms with Gasteiger partial charge >= 0.3 is 11.6 Å². The number of nitrogens with one attached hydrogen (secondary N) is 1. The fourth-order valence-corrected chi connectivity index (χ4v) is 4.14. The molecule has 5 aromatic rings. The molecule has 198 valence electrons. The number of aromatic nitrogens is 4. The minimum atomic E-state index is -0.752. The number of aliphatic hydroxyl groups is 1. The molecule has 0 aliphatic heterocycles. The van der Waals surface area contributed by atoms with Crippen molar-refractivity contribution in [3.05, 3.63) is 102 Å². The van der Waals surface area contributed by atoms with Gasteiger partial charge in [0, 0.05) is 41.4 Å². The topological polar surface area (TPSA) is 113 Å². The highest BCUT2D eigenvalue weighted by atomic mass is 19.1. The molecule has 1 atom stereocenters. The third-order valence-electron chi connectivity index (χ3n) is 6.12. The van der Waals surface area contributed by atoms with E-state index in [0.717, 1.165) is 11.6 Å². The van der Waals surface area contributed by atoms with E-state index in [1.807, 2.05) is 13.0 Å². The van der Waals surface area contributed by atoms with Gasteiger partial charge < -0.3 is 15.2 Å². The second kappa shape index (κ2) is 10.8. The standard InChI is InChI=1S/C28H23F2N5O4/c1-17(15-36)13-19-11-12-34-26(19)28(31-16-32-34)39-25-10-9-21(14-22(25)30)33-27(37)24-4-2-3-23(35(24)38)18-5-7-20(29)8-6-18/h2-12,14,16-17,36H,13,15H2,1H3,(H-,33,37,38)/p+1/t17-/m1/s1. The summed E-state index contributed by atoms with van der Waals surface area (Å²) in [6.45, 7) is 1.91. The molecule has 0 unspecified atom stereocenters. The minimum absolute atomic E-state index is 0.00197. The Bertz CT molecular complexity index is 1660. The molecule has 0 saturated heterocycles. The van der Waals surface area contributed by atoms with E-state index in [4.69, 9.17) is 4.74 Å². The Morgan fingerprint density at radius 1 is 1.13 bits per heavy atom. The second-order valence-electron chi connectivity index (χ2n) is 9.01. The van der Waals surface area contributed by atoms with Crippen LogP contribution in [0.1, 0.15) is 23.0 Å². The monoisotopic (exact) mass is 532 g/mol. The summed E-state index contributed by atoms with van der Waals surface area (Å²) in [5.41, 5.74) is 2.19. The Labute approximate surface area is 221 Å². The normalized spacial score (nSPS) is 11.9. The van der Waals surface area contributed by atoms with Gasteiger partial charge in [0.05, 0.1) is 5.56 Å². The van der Waals surface area contributed by atoms with E-state index in [1.165, 1.54) is 48.8 Å². The lowest BCUT2D eigenvalue weighted by atomic mass is 10.0. The van der Waals surface area contributed by atoms with Gasteiger partial charge in [0.2, 0.25) is 5.88 Å². The maximum absolute atomic E-state index is 15.0. The van der Waals surface area contributed by atoms with Crippen LogP contribution >= 0.6 is 0 Å². The summed E-state index contributed by atoms with van der Waals surface area (Å²) in [7, 11) is 0. The number of anilines is 1. The van der Waals surface area contributed by atoms with E-state index >= 15 is 4.39 Å². The number of hydrogen-bond acceptors (Lipinski definition) is 6. The smallest absolute Gasteiger partial charge is 0.325 e. The van der Waals surface area contributed by atoms with Crippen molar-refractivity contribution in [1.82, 2.24) is 14.6 Å². The minimum Gasteiger partial charge on any atom is -0.434 e. The van der Waals surface area contributed by atoms with Gasteiger partial charge in [-0.25, -0.2) is 13.3 Å². The summed E-state index contributed by atoms with van der Waals surface area (Å²) in [5.74, 6) is -1.85. The maximum Gasteiger partial charge on any atom is 0.325 e. The molecular formula is C28H24F2N5O4+. The Morgan fingerprint density at radius 2 is 1.92 bits per heavy atom. The Morgan fingerprint density at radius 3 is 2.67 bits per heavy atom. The van der Waals surface area contributed by atoms with Gasteiger partial charge in [0.15, 0.2) is 11.6 Å². The predicted octanol–water partition coefficient (Wildman–Crippen LogP) is 4.41. The first-order valence-corrected chi connectivity index (χ1v) is 12.0. The summed E-state index contributed by atoms with van der Waals surface area (Å²) >= 11 is 0. The van der Waals surface area contributed by atoms with Gasteiger partial charge in [-0.3, -0.25) is 10.0 Å². The zero-order chi connectivity index (χ0) is 27.5. The molecule has 3 aromatic heterocycles. The highest BCUT2D eigenvalue weighted by Gasteiger charge is 2.25. The molecule has 5 rings (SSSR count). The first kappa shape index (κ1) is 25.7. The number of halogens is 2. The number of amides is 1. The van der Waals surface area contributed by atoms with Crippen LogP contribution in [0.5, 0.6) is 11.6 Å². The van der Waals surface area contributed by atoms with Crippen molar-refractivity contribution in [3.8, 4) is 22.9 Å². The number of nitrogens with zero attached hydrogens (tertiary/aromatic N) is 4. The molecule has 1 amide bonds. The summed E-state index contributed by atoms with van der Waals surface area (Å²) in [6.07, 6.45) is 3.58. The molecule has 0 bridgehead atoms. The van der Waals surface area contributed by atoms with Crippen LogP contribution in [0.25, 0.3) is 16.8 Å². The van der Waals surface area contributed by atoms with E-state index in [1.54, 1.807) is 22.8 Å². The molecule has 0 aliphatic rings. The molecule has 11 heteroatoms. The van der Waals surface area contributed by atoms with Gasteiger partial charge in [-0.05, 0) is 66.4 Å². The number of carbonyl (C=O) groups excluding carboxylic acids is 1. The van der Waals surface area contributed by atoms with Crippen LogP contribution in [-0.4, -0.2) is 37.4 Å². The first-order chi connectivity index (χ1) is 18.8. The lowest BCUT2D eigenvalue weighted by Crippen LogP contribution is -2.41. The van der Waals surface area contributed by atoms with E-state index < -0.39 is 17.5 Å². The first-order valence-electron chi connectivity index (χ1n) is 12.0. The van der Waals surface area contributed by atoms with Gasteiger partial charge in [0.1, 0.15) is 17.7 Å². The van der Waals surface area contributed by atoms with E-state index in [2.05, 4.69) is 15.4 Å².